The number of nitrogens with one attached hydrogen (secondary N) is 1. The van der Waals surface area contributed by atoms with Crippen molar-refractivity contribution in [3.63, 3.8) is 0 Å². The molecule has 0 unspecified atom stereocenters. The number of amides is 1. The highest BCUT2D eigenvalue weighted by atomic mass is 16.6. The van der Waals surface area contributed by atoms with Crippen molar-refractivity contribution in [2.24, 2.45) is 0 Å². The number of ether oxygens (including phenoxy) is 1. The fourth-order valence-corrected chi connectivity index (χ4v) is 1.14. The van der Waals surface area contributed by atoms with Crippen LogP contribution in [0.4, 0.5) is 4.79 Å². The molecule has 7 heteroatoms. The van der Waals surface area contributed by atoms with Crippen molar-refractivity contribution >= 4 is 18.0 Å². The van der Waals surface area contributed by atoms with Crippen molar-refractivity contribution in [2.75, 3.05) is 0 Å². The van der Waals surface area contributed by atoms with E-state index in [9.17, 15) is 14.4 Å². The van der Waals surface area contributed by atoms with Gasteiger partial charge in [0, 0.05) is 0 Å². The van der Waals surface area contributed by atoms with Crippen LogP contribution in [-0.4, -0.2) is 34.3 Å². The van der Waals surface area contributed by atoms with Gasteiger partial charge in [-0.3, -0.25) is 4.79 Å². The van der Waals surface area contributed by atoms with Gasteiger partial charge >= 0.3 is 18.0 Å². The largest absolute Gasteiger partial charge is 0.481 e. The van der Waals surface area contributed by atoms with E-state index in [0.29, 0.717) is 0 Å². The summed E-state index contributed by atoms with van der Waals surface area (Å²) in [6.07, 6.45) is -1.74. The second-order valence-corrected chi connectivity index (χ2v) is 3.34. The summed E-state index contributed by atoms with van der Waals surface area (Å²) >= 11 is 0. The third-order valence-electron chi connectivity index (χ3n) is 1.92. The molecule has 1 amide bonds. The monoisotopic (exact) mass is 253 g/mol. The minimum atomic E-state index is -1.53. The Morgan fingerprint density at radius 1 is 1.17 bits per heavy atom. The predicted molar refractivity (Wildman–Crippen MR) is 59.3 cm³/mol. The molecule has 7 nitrogen and oxygen atoms in total. The van der Waals surface area contributed by atoms with E-state index in [2.05, 4.69) is 0 Å². The summed E-state index contributed by atoms with van der Waals surface area (Å²) in [5.74, 6) is -2.54. The maximum atomic E-state index is 11.3. The van der Waals surface area contributed by atoms with Gasteiger partial charge < -0.3 is 20.3 Å². The number of benzene rings is 1. The Labute approximate surface area is 102 Å². The van der Waals surface area contributed by atoms with Crippen LogP contribution in [0.5, 0.6) is 5.75 Å². The molecule has 96 valence electrons. The average Bonchev–Trinajstić information content (AvgIpc) is 2.28. The number of para-hydroxylation sites is 1. The molecule has 0 fully saturated rings. The lowest BCUT2D eigenvalue weighted by molar-refractivity contribution is -0.145. The first-order chi connectivity index (χ1) is 8.49. The van der Waals surface area contributed by atoms with Gasteiger partial charge in [-0.25, -0.2) is 9.59 Å². The molecule has 0 aliphatic rings. The van der Waals surface area contributed by atoms with Crippen LogP contribution in [-0.2, 0) is 9.59 Å². The van der Waals surface area contributed by atoms with Crippen molar-refractivity contribution in [3.05, 3.63) is 30.3 Å². The van der Waals surface area contributed by atoms with Gasteiger partial charge in [-0.2, -0.15) is 0 Å². The molecule has 0 heterocycles. The molecule has 1 rings (SSSR count). The molecule has 0 aliphatic carbocycles. The fraction of sp³-hybridized carbons (Fsp3) is 0.182. The maximum Gasteiger partial charge on any atom is 0.413 e. The summed E-state index contributed by atoms with van der Waals surface area (Å²) < 4.78 is 4.77. The summed E-state index contributed by atoms with van der Waals surface area (Å²) in [7, 11) is 0. The highest BCUT2D eigenvalue weighted by Gasteiger charge is 2.23. The molecule has 0 spiro atoms. The lowest BCUT2D eigenvalue weighted by Gasteiger charge is -2.12. The van der Waals surface area contributed by atoms with E-state index in [0.717, 1.165) is 0 Å². The Hall–Kier alpha value is -2.57. The number of carbonyl (C=O) groups is 3. The molecule has 0 bridgehead atoms. The van der Waals surface area contributed by atoms with Crippen molar-refractivity contribution < 1.29 is 29.3 Å². The number of carboxylic acid groups (broad SMARTS) is 2. The Morgan fingerprint density at radius 2 is 1.78 bits per heavy atom. The van der Waals surface area contributed by atoms with Crippen molar-refractivity contribution in [3.8, 4) is 5.75 Å². The van der Waals surface area contributed by atoms with Crippen molar-refractivity contribution in [2.45, 2.75) is 12.5 Å². The van der Waals surface area contributed by atoms with Crippen LogP contribution in [0, 0.1) is 0 Å². The van der Waals surface area contributed by atoms with Crippen molar-refractivity contribution in [1.29, 1.82) is 0 Å². The zero-order chi connectivity index (χ0) is 13.5. The Bertz CT molecular complexity index is 444. The van der Waals surface area contributed by atoms with Gasteiger partial charge in [0.15, 0.2) is 0 Å². The van der Waals surface area contributed by atoms with Crippen LogP contribution in [0.15, 0.2) is 30.3 Å². The summed E-state index contributed by atoms with van der Waals surface area (Å²) in [5, 5.41) is 19.1. The standard InChI is InChI=1S/C11H11NO6/c13-9(14)6-8(10(15)16)12-11(17)18-7-4-2-1-3-5-7/h1-5,8H,6H2,(H,12,17)(H,13,14)(H,15,16)/t8-/m0/s1. The number of carboxylic acids is 2. The first-order valence-electron chi connectivity index (χ1n) is 4.97. The van der Waals surface area contributed by atoms with E-state index in [1.165, 1.54) is 12.1 Å². The molecule has 1 atom stereocenters. The Balaban J connectivity index is 2.56. The molecule has 1 aromatic carbocycles. The molecule has 1 aromatic rings. The van der Waals surface area contributed by atoms with Crippen LogP contribution in [0.3, 0.4) is 0 Å². The van der Waals surface area contributed by atoms with Gasteiger partial charge in [0.05, 0.1) is 6.42 Å². The SMILES string of the molecule is O=C(O)C[C@H](NC(=O)Oc1ccccc1)C(=O)O. The van der Waals surface area contributed by atoms with Crippen LogP contribution in [0.1, 0.15) is 6.42 Å². The van der Waals surface area contributed by atoms with E-state index in [1.807, 2.05) is 5.32 Å². The first kappa shape index (κ1) is 13.5. The number of hydrogen-bond acceptors (Lipinski definition) is 4. The van der Waals surface area contributed by atoms with E-state index in [4.69, 9.17) is 14.9 Å². The summed E-state index contributed by atoms with van der Waals surface area (Å²) in [6, 6.07) is 6.47. The zero-order valence-electron chi connectivity index (χ0n) is 9.20. The fourth-order valence-electron chi connectivity index (χ4n) is 1.14. The van der Waals surface area contributed by atoms with Gasteiger partial charge in [-0.15, -0.1) is 0 Å². The summed E-state index contributed by atoms with van der Waals surface area (Å²) in [4.78, 5) is 32.4. The zero-order valence-corrected chi connectivity index (χ0v) is 9.20. The minimum absolute atomic E-state index is 0.231. The molecule has 0 saturated heterocycles. The number of hydrogen-bond donors (Lipinski definition) is 3. The molecular formula is C11H11NO6. The Kier molecular flexibility index (Phi) is 4.67. The van der Waals surface area contributed by atoms with Gasteiger partial charge in [-0.05, 0) is 12.1 Å². The maximum absolute atomic E-state index is 11.3. The second kappa shape index (κ2) is 6.24. The highest BCUT2D eigenvalue weighted by Crippen LogP contribution is 2.08. The van der Waals surface area contributed by atoms with Gasteiger partial charge in [0.2, 0.25) is 0 Å². The van der Waals surface area contributed by atoms with Crippen LogP contribution in [0.25, 0.3) is 0 Å². The normalized spacial score (nSPS) is 11.3. The molecule has 0 aliphatic heterocycles. The van der Waals surface area contributed by atoms with Crippen LogP contribution in [0.2, 0.25) is 0 Å². The number of carbonyl (C=O) groups excluding carboxylic acids is 1. The minimum Gasteiger partial charge on any atom is -0.481 e. The second-order valence-electron chi connectivity index (χ2n) is 3.34. The lowest BCUT2D eigenvalue weighted by atomic mass is 10.2. The lowest BCUT2D eigenvalue weighted by Crippen LogP contribution is -2.43. The molecule has 0 saturated carbocycles. The molecule has 0 aromatic heterocycles. The summed E-state index contributed by atoms with van der Waals surface area (Å²) in [6.45, 7) is 0. The van der Waals surface area contributed by atoms with Gasteiger partial charge in [-0.1, -0.05) is 18.2 Å². The average molecular weight is 253 g/mol. The smallest absolute Gasteiger partial charge is 0.413 e. The first-order valence-corrected chi connectivity index (χ1v) is 4.97. The molecule has 18 heavy (non-hydrogen) atoms. The molecule has 0 radical (unpaired) electrons. The Morgan fingerprint density at radius 3 is 2.28 bits per heavy atom. The van der Waals surface area contributed by atoms with Gasteiger partial charge in [0.25, 0.3) is 0 Å². The van der Waals surface area contributed by atoms with Crippen LogP contribution < -0.4 is 10.1 Å². The van der Waals surface area contributed by atoms with Crippen molar-refractivity contribution in [1.82, 2.24) is 5.32 Å². The van der Waals surface area contributed by atoms with E-state index < -0.39 is 30.5 Å². The third kappa shape index (κ3) is 4.52. The van der Waals surface area contributed by atoms with E-state index >= 15 is 0 Å². The topological polar surface area (TPSA) is 113 Å². The van der Waals surface area contributed by atoms with E-state index in [-0.39, 0.29) is 5.75 Å². The van der Waals surface area contributed by atoms with E-state index in [1.54, 1.807) is 18.2 Å². The quantitative estimate of drug-likeness (QED) is 0.712. The van der Waals surface area contributed by atoms with Crippen LogP contribution >= 0.6 is 0 Å². The van der Waals surface area contributed by atoms with Gasteiger partial charge in [0.1, 0.15) is 11.8 Å². The summed E-state index contributed by atoms with van der Waals surface area (Å²) in [5.41, 5.74) is 0. The number of aliphatic carboxylic acids is 2. The molecule has 3 N–H and O–H groups in total. The number of rotatable bonds is 5. The third-order valence-corrected chi connectivity index (χ3v) is 1.92. The molecular weight excluding hydrogens is 242 g/mol. The predicted octanol–water partition coefficient (Wildman–Crippen LogP) is 0.703. The highest BCUT2D eigenvalue weighted by molar-refractivity contribution is 5.85.